The molecule has 0 aliphatic carbocycles. The molecule has 378 valence electrons. The van der Waals surface area contributed by atoms with Gasteiger partial charge in [-0.15, -0.1) is 6.42 Å². The van der Waals surface area contributed by atoms with E-state index in [9.17, 15) is 14.7 Å². The zero-order valence-electron chi connectivity index (χ0n) is 43.2. The number of fused-ring (bicyclic) bond motifs is 1. The fourth-order valence-electron chi connectivity index (χ4n) is 6.10. The fourth-order valence-corrected chi connectivity index (χ4v) is 7.66. The Morgan fingerprint density at radius 1 is 0.566 bits per heavy atom. The van der Waals surface area contributed by atoms with E-state index in [1.54, 1.807) is 86.0 Å². The van der Waals surface area contributed by atoms with Crippen LogP contribution in [0.1, 0.15) is 89.4 Å². The van der Waals surface area contributed by atoms with E-state index in [2.05, 4.69) is 126 Å². The third-order valence-corrected chi connectivity index (χ3v) is 16.0. The molecule has 12 nitrogen and oxygen atoms in total. The van der Waals surface area contributed by atoms with E-state index < -0.39 is 8.32 Å². The molecule has 8 heterocycles. The number of carbonyl (C=O) groups is 2. The van der Waals surface area contributed by atoms with E-state index in [0.717, 1.165) is 27.7 Å². The molecule has 1 aromatic carbocycles. The summed E-state index contributed by atoms with van der Waals surface area (Å²) in [6.45, 7) is 18.2. The van der Waals surface area contributed by atoms with Crippen molar-refractivity contribution < 1.29 is 19.1 Å². The van der Waals surface area contributed by atoms with Crippen LogP contribution in [0.3, 0.4) is 0 Å². The van der Waals surface area contributed by atoms with Crippen molar-refractivity contribution in [2.45, 2.75) is 52.8 Å². The molecule has 0 radical (unpaired) electrons. The largest absolute Gasteiger partial charge is 0.543 e. The zero-order valence-corrected chi connectivity index (χ0v) is 45.8. The predicted molar refractivity (Wildman–Crippen MR) is 307 cm³/mol. The molecule has 0 bridgehead atoms. The highest BCUT2D eigenvalue weighted by Crippen LogP contribution is 2.39. The summed E-state index contributed by atoms with van der Waals surface area (Å²) in [5, 5.41) is 10.8. The maximum absolute atomic E-state index is 11.4. The lowest BCUT2D eigenvalue weighted by atomic mass is 10.1. The summed E-state index contributed by atoms with van der Waals surface area (Å²) in [4.78, 5) is 55.2. The van der Waals surface area contributed by atoms with Gasteiger partial charge in [-0.25, -0.2) is 29.9 Å². The summed E-state index contributed by atoms with van der Waals surface area (Å²) in [6, 6.07) is 40.4. The van der Waals surface area contributed by atoms with Crippen molar-refractivity contribution in [2.75, 3.05) is 0 Å². The number of hydrogen-bond donors (Lipinski definition) is 1. The Bertz CT molecular complexity index is 3550. The quantitative estimate of drug-likeness (QED) is 0.0551. The number of phenols is 1. The zero-order chi connectivity index (χ0) is 54.9. The predicted octanol–water partition coefficient (Wildman–Crippen LogP) is 13.1. The van der Waals surface area contributed by atoms with Gasteiger partial charge in [0.05, 0.1) is 22.3 Å². The lowest BCUT2D eigenvalue weighted by molar-refractivity contribution is 0.100. The molecule has 0 spiro atoms. The molecule has 0 saturated heterocycles. The molecule has 1 N–H and O–H groups in total. The van der Waals surface area contributed by atoms with Crippen molar-refractivity contribution in [3.8, 4) is 53.0 Å². The number of terminal acetylenes is 1. The molecule has 14 heteroatoms. The highest BCUT2D eigenvalue weighted by atomic mass is 79.9. The molecule has 0 saturated carbocycles. The van der Waals surface area contributed by atoms with E-state index in [1.807, 2.05) is 97.1 Å². The molecule has 9 rings (SSSR count). The van der Waals surface area contributed by atoms with E-state index in [-0.39, 0.29) is 22.4 Å². The van der Waals surface area contributed by atoms with E-state index >= 15 is 0 Å². The van der Waals surface area contributed by atoms with Crippen molar-refractivity contribution >= 4 is 52.5 Å². The van der Waals surface area contributed by atoms with Crippen molar-refractivity contribution in [1.82, 2.24) is 39.9 Å². The van der Waals surface area contributed by atoms with Crippen LogP contribution in [0.4, 0.5) is 0 Å². The number of aromatic hydroxyl groups is 1. The molecular formula is C62H55BrN8O4Si. The first-order valence-corrected chi connectivity index (χ1v) is 27.3. The standard InChI is InChI=1S/C20H24N2OSi.2C14H10N2O.C7H6BrNO.C7H5N/c1-16(23-24(5,6)20(2,3)4)18-11-9-15-22-19(18)13-12-17-10-7-8-14-21-17;17-14-9-10(12-5-1-2-6-15-12)8-13-11(14)4-3-7-16-13;1-11(17)13-6-4-10-16-14(13)8-7-12-5-2-3-9-15-12;1-5(10)6-3-2-4-9-7(6)8;1-2-7-5-3-4-6-8-7/h7-11,14-15H,1H2,2-6H3;1-9,17H;2-6,9-10H,1H3;2-4H,1H3;1,3-6H. The molecule has 0 unspecified atom stereocenters. The summed E-state index contributed by atoms with van der Waals surface area (Å²) in [6.07, 6.45) is 18.5. The highest BCUT2D eigenvalue weighted by Gasteiger charge is 2.39. The first kappa shape index (κ1) is 57.6. The Balaban J connectivity index is 0.000000184. The third kappa shape index (κ3) is 18.0. The molecule has 0 amide bonds. The fraction of sp³-hybridized carbons (Fsp3) is 0.129. The van der Waals surface area contributed by atoms with Crippen LogP contribution in [0.25, 0.3) is 27.9 Å². The van der Waals surface area contributed by atoms with Gasteiger partial charge in [-0.1, -0.05) is 57.5 Å². The number of halogens is 1. The molecule has 9 aromatic rings. The van der Waals surface area contributed by atoms with Gasteiger partial charge in [0.2, 0.25) is 8.32 Å². The Labute approximate surface area is 454 Å². The average Bonchev–Trinajstić information content (AvgIpc) is 3.44. The van der Waals surface area contributed by atoms with Crippen LogP contribution in [0.2, 0.25) is 18.1 Å². The van der Waals surface area contributed by atoms with Gasteiger partial charge in [0.15, 0.2) is 11.6 Å². The summed E-state index contributed by atoms with van der Waals surface area (Å²) in [7, 11) is -1.95. The maximum Gasteiger partial charge on any atom is 0.250 e. The summed E-state index contributed by atoms with van der Waals surface area (Å²) < 4.78 is 6.92. The maximum atomic E-state index is 11.4. The van der Waals surface area contributed by atoms with Gasteiger partial charge < -0.3 is 9.53 Å². The second-order valence-corrected chi connectivity index (χ2v) is 23.1. The number of Topliss-reactive ketones (excluding diaryl/α,β-unsaturated/α-hetero) is 2. The van der Waals surface area contributed by atoms with Gasteiger partial charge in [-0.2, -0.15) is 0 Å². The van der Waals surface area contributed by atoms with Crippen LogP contribution >= 0.6 is 15.9 Å². The smallest absolute Gasteiger partial charge is 0.250 e. The van der Waals surface area contributed by atoms with Crippen molar-refractivity contribution in [1.29, 1.82) is 0 Å². The van der Waals surface area contributed by atoms with Gasteiger partial charge in [-0.05, 0) is 181 Å². The number of pyridine rings is 8. The van der Waals surface area contributed by atoms with E-state index in [0.29, 0.717) is 50.0 Å². The second-order valence-electron chi connectivity index (χ2n) is 17.6. The van der Waals surface area contributed by atoms with Crippen LogP contribution in [0.15, 0.2) is 194 Å². The first-order chi connectivity index (χ1) is 36.5. The topological polar surface area (TPSA) is 167 Å². The number of phenolic OH excluding ortho intramolecular Hbond substituents is 1. The van der Waals surface area contributed by atoms with Crippen LogP contribution in [-0.2, 0) is 4.43 Å². The van der Waals surface area contributed by atoms with Crippen molar-refractivity contribution in [2.24, 2.45) is 0 Å². The van der Waals surface area contributed by atoms with E-state index in [4.69, 9.17) is 10.8 Å². The molecule has 0 fully saturated rings. The molecule has 0 aliphatic heterocycles. The summed E-state index contributed by atoms with van der Waals surface area (Å²) in [5.74, 6) is 15.1. The van der Waals surface area contributed by atoms with Crippen molar-refractivity contribution in [3.63, 3.8) is 0 Å². The highest BCUT2D eigenvalue weighted by molar-refractivity contribution is 9.10. The minimum absolute atomic E-state index is 0.0278. The van der Waals surface area contributed by atoms with Gasteiger partial charge in [0.1, 0.15) is 44.6 Å². The number of carbonyl (C=O) groups excluding carboxylic acids is 2. The molecule has 76 heavy (non-hydrogen) atoms. The first-order valence-electron chi connectivity index (χ1n) is 23.6. The third-order valence-electron chi connectivity index (χ3n) is 11.0. The number of hydrogen-bond acceptors (Lipinski definition) is 12. The number of benzene rings is 1. The van der Waals surface area contributed by atoms with Gasteiger partial charge in [0, 0.05) is 66.1 Å². The van der Waals surface area contributed by atoms with Crippen LogP contribution < -0.4 is 0 Å². The lowest BCUT2D eigenvalue weighted by Crippen LogP contribution is -2.40. The van der Waals surface area contributed by atoms with Gasteiger partial charge in [0.25, 0.3) is 0 Å². The molecule has 8 aromatic heterocycles. The number of aromatic nitrogens is 8. The number of ketones is 2. The normalized spacial score (nSPS) is 10.1. The Morgan fingerprint density at radius 3 is 1.49 bits per heavy atom. The Kier molecular flexibility index (Phi) is 21.9. The summed E-state index contributed by atoms with van der Waals surface area (Å²) in [5.41, 5.74) is 7.68. The summed E-state index contributed by atoms with van der Waals surface area (Å²) >= 11 is 3.16. The minimum Gasteiger partial charge on any atom is -0.543 e. The molecule has 0 atom stereocenters. The lowest BCUT2D eigenvalue weighted by Gasteiger charge is -2.37. The molecule has 0 aliphatic rings. The number of nitrogens with zero attached hydrogens (tertiary/aromatic N) is 8. The van der Waals surface area contributed by atoms with Crippen LogP contribution in [-0.4, -0.2) is 64.9 Å². The van der Waals surface area contributed by atoms with Crippen molar-refractivity contribution in [3.05, 3.63) is 239 Å². The second kappa shape index (κ2) is 28.8. The van der Waals surface area contributed by atoms with Crippen LogP contribution in [0, 0.1) is 36.0 Å². The average molecular weight is 1080 g/mol. The number of rotatable bonds is 6. The monoisotopic (exact) mass is 1080 g/mol. The van der Waals surface area contributed by atoms with Crippen LogP contribution in [0.5, 0.6) is 5.75 Å². The van der Waals surface area contributed by atoms with Gasteiger partial charge >= 0.3 is 0 Å². The Hall–Kier alpha value is -9.26. The SMILES string of the molecule is C#Cc1ccccn1.C=C(O[Si](C)(C)C(C)(C)C)c1cccnc1C#Cc1ccccn1.CC(=O)c1cccnc1Br.CC(=O)c1cccnc1C#Cc1ccccn1.Oc1cc(-c2ccccn2)cc2ncccc12. The van der Waals surface area contributed by atoms with Gasteiger partial charge in [-0.3, -0.25) is 19.6 Å². The minimum atomic E-state index is -1.95. The Morgan fingerprint density at radius 2 is 1.03 bits per heavy atom. The molecular weight excluding hydrogens is 1030 g/mol. The van der Waals surface area contributed by atoms with E-state index in [1.165, 1.54) is 13.8 Å².